The van der Waals surface area contributed by atoms with Crippen molar-refractivity contribution in [3.05, 3.63) is 83.7 Å². The van der Waals surface area contributed by atoms with Gasteiger partial charge in [-0.25, -0.2) is 0 Å². The minimum Gasteiger partial charge on any atom is -0.385 e. The number of benzene rings is 2. The van der Waals surface area contributed by atoms with Gasteiger partial charge < -0.3 is 5.32 Å². The summed E-state index contributed by atoms with van der Waals surface area (Å²) >= 11 is 0. The number of nitrogens with zero attached hydrogens (tertiary/aromatic N) is 1. The van der Waals surface area contributed by atoms with Crippen LogP contribution in [0.3, 0.4) is 0 Å². The molecule has 0 bridgehead atoms. The second-order valence-electron chi connectivity index (χ2n) is 6.08. The van der Waals surface area contributed by atoms with Crippen molar-refractivity contribution < 1.29 is 13.2 Å². The number of alkyl halides is 3. The molecule has 3 aromatic rings. The smallest absolute Gasteiger partial charge is 0.385 e. The first-order valence-corrected chi connectivity index (χ1v) is 8.35. The Balaban J connectivity index is 1.61. The Morgan fingerprint density at radius 1 is 0.885 bits per heavy atom. The summed E-state index contributed by atoms with van der Waals surface area (Å²) in [6, 6.07) is 16.9. The van der Waals surface area contributed by atoms with E-state index in [9.17, 15) is 13.2 Å². The van der Waals surface area contributed by atoms with Crippen LogP contribution in [-0.4, -0.2) is 11.5 Å². The first-order chi connectivity index (χ1) is 12.4. The van der Waals surface area contributed by atoms with Gasteiger partial charge in [0.05, 0.1) is 5.56 Å². The van der Waals surface area contributed by atoms with Gasteiger partial charge in [-0.15, -0.1) is 0 Å². The molecule has 0 radical (unpaired) electrons. The Morgan fingerprint density at radius 3 is 2.08 bits per heavy atom. The summed E-state index contributed by atoms with van der Waals surface area (Å²) in [5.74, 6) is 0. The van der Waals surface area contributed by atoms with Crippen molar-refractivity contribution in [2.45, 2.75) is 19.5 Å². The molecule has 0 aliphatic heterocycles. The highest BCUT2D eigenvalue weighted by atomic mass is 19.4. The summed E-state index contributed by atoms with van der Waals surface area (Å²) in [6.45, 7) is 2.78. The molecule has 0 unspecified atom stereocenters. The van der Waals surface area contributed by atoms with E-state index < -0.39 is 11.7 Å². The van der Waals surface area contributed by atoms with E-state index in [4.69, 9.17) is 0 Å². The lowest BCUT2D eigenvalue weighted by atomic mass is 10.0. The SMILES string of the molecule is Cc1ncccc1CCNc1ccc(-c2ccc(C(F)(F)F)cc2)cc1. The van der Waals surface area contributed by atoms with Crippen LogP contribution in [0.15, 0.2) is 66.9 Å². The van der Waals surface area contributed by atoms with E-state index in [1.165, 1.54) is 17.7 Å². The molecular formula is C21H19F3N2. The van der Waals surface area contributed by atoms with Crippen LogP contribution in [0.2, 0.25) is 0 Å². The van der Waals surface area contributed by atoms with Crippen LogP contribution in [0.25, 0.3) is 11.1 Å². The Labute approximate surface area is 150 Å². The van der Waals surface area contributed by atoms with E-state index in [0.29, 0.717) is 0 Å². The molecule has 2 aromatic carbocycles. The molecule has 0 atom stereocenters. The molecule has 26 heavy (non-hydrogen) atoms. The molecule has 0 spiro atoms. The second-order valence-corrected chi connectivity index (χ2v) is 6.08. The molecule has 5 heteroatoms. The van der Waals surface area contributed by atoms with E-state index in [1.54, 1.807) is 6.20 Å². The van der Waals surface area contributed by atoms with Crippen LogP contribution in [-0.2, 0) is 12.6 Å². The first kappa shape index (κ1) is 18.0. The zero-order valence-electron chi connectivity index (χ0n) is 14.3. The summed E-state index contributed by atoms with van der Waals surface area (Å²) in [6.07, 6.45) is -1.65. The molecule has 1 heterocycles. The predicted molar refractivity (Wildman–Crippen MR) is 98.0 cm³/mol. The second kappa shape index (κ2) is 7.60. The average molecular weight is 356 g/mol. The number of aromatic nitrogens is 1. The fraction of sp³-hybridized carbons (Fsp3) is 0.190. The maximum Gasteiger partial charge on any atom is 0.416 e. The molecule has 0 fully saturated rings. The summed E-state index contributed by atoms with van der Waals surface area (Å²) in [5, 5.41) is 3.35. The molecule has 0 amide bonds. The van der Waals surface area contributed by atoms with Gasteiger partial charge in [-0.1, -0.05) is 30.3 Å². The Hall–Kier alpha value is -2.82. The molecule has 1 aromatic heterocycles. The number of hydrogen-bond donors (Lipinski definition) is 1. The fourth-order valence-electron chi connectivity index (χ4n) is 2.76. The van der Waals surface area contributed by atoms with Crippen LogP contribution < -0.4 is 5.32 Å². The van der Waals surface area contributed by atoms with E-state index in [0.717, 1.165) is 47.6 Å². The zero-order valence-corrected chi connectivity index (χ0v) is 14.3. The van der Waals surface area contributed by atoms with Crippen LogP contribution in [0.1, 0.15) is 16.8 Å². The molecule has 0 aliphatic carbocycles. The quantitative estimate of drug-likeness (QED) is 0.631. The first-order valence-electron chi connectivity index (χ1n) is 8.35. The van der Waals surface area contributed by atoms with Crippen molar-refractivity contribution in [3.63, 3.8) is 0 Å². The average Bonchev–Trinajstić information content (AvgIpc) is 2.63. The molecule has 0 saturated carbocycles. The molecular weight excluding hydrogens is 337 g/mol. The Morgan fingerprint density at radius 2 is 1.50 bits per heavy atom. The van der Waals surface area contributed by atoms with Gasteiger partial charge in [0.15, 0.2) is 0 Å². The third-order valence-corrected chi connectivity index (χ3v) is 4.27. The van der Waals surface area contributed by atoms with Gasteiger partial charge in [-0.2, -0.15) is 13.2 Å². The minimum atomic E-state index is -4.31. The molecule has 0 aliphatic rings. The van der Waals surface area contributed by atoms with Crippen molar-refractivity contribution >= 4 is 5.69 Å². The van der Waals surface area contributed by atoms with Crippen LogP contribution in [0.4, 0.5) is 18.9 Å². The third-order valence-electron chi connectivity index (χ3n) is 4.27. The van der Waals surface area contributed by atoms with Crippen LogP contribution >= 0.6 is 0 Å². The Kier molecular flexibility index (Phi) is 5.26. The highest BCUT2D eigenvalue weighted by Gasteiger charge is 2.29. The largest absolute Gasteiger partial charge is 0.416 e. The summed E-state index contributed by atoms with van der Waals surface area (Å²) in [4.78, 5) is 4.27. The van der Waals surface area contributed by atoms with Gasteiger partial charge in [-0.3, -0.25) is 4.98 Å². The minimum absolute atomic E-state index is 0.634. The van der Waals surface area contributed by atoms with Crippen LogP contribution in [0.5, 0.6) is 0 Å². The standard InChI is InChI=1S/C21H19F3N2/c1-15-16(3-2-13-25-15)12-14-26-20-10-6-18(7-11-20)17-4-8-19(9-5-17)21(22,23)24/h2-11,13,26H,12,14H2,1H3. The van der Waals surface area contributed by atoms with Gasteiger partial charge in [0, 0.05) is 24.1 Å². The summed E-state index contributed by atoms with van der Waals surface area (Å²) in [7, 11) is 0. The number of hydrogen-bond acceptors (Lipinski definition) is 2. The fourth-order valence-corrected chi connectivity index (χ4v) is 2.76. The predicted octanol–water partition coefficient (Wildman–Crippen LogP) is 5.73. The van der Waals surface area contributed by atoms with Crippen molar-refractivity contribution in [2.24, 2.45) is 0 Å². The number of nitrogens with one attached hydrogen (secondary N) is 1. The van der Waals surface area contributed by atoms with E-state index >= 15 is 0 Å². The van der Waals surface area contributed by atoms with Crippen molar-refractivity contribution in [1.29, 1.82) is 0 Å². The van der Waals surface area contributed by atoms with Gasteiger partial charge >= 0.3 is 6.18 Å². The van der Waals surface area contributed by atoms with Crippen molar-refractivity contribution in [3.8, 4) is 11.1 Å². The number of rotatable bonds is 5. The monoisotopic (exact) mass is 356 g/mol. The van der Waals surface area contributed by atoms with E-state index in [2.05, 4.69) is 16.4 Å². The summed E-state index contributed by atoms with van der Waals surface area (Å²) < 4.78 is 37.9. The van der Waals surface area contributed by atoms with Gasteiger partial charge in [-0.05, 0) is 60.4 Å². The van der Waals surface area contributed by atoms with Gasteiger partial charge in [0.2, 0.25) is 0 Å². The lowest BCUT2D eigenvalue weighted by Crippen LogP contribution is -2.06. The van der Waals surface area contributed by atoms with Gasteiger partial charge in [0.1, 0.15) is 0 Å². The number of pyridine rings is 1. The molecule has 3 rings (SSSR count). The number of aryl methyl sites for hydroxylation is 1. The number of anilines is 1. The Bertz CT molecular complexity index is 854. The third kappa shape index (κ3) is 4.42. The summed E-state index contributed by atoms with van der Waals surface area (Å²) in [5.41, 5.74) is 4.23. The maximum absolute atomic E-state index is 12.6. The maximum atomic E-state index is 12.6. The number of halogens is 3. The lowest BCUT2D eigenvalue weighted by molar-refractivity contribution is -0.137. The van der Waals surface area contributed by atoms with Gasteiger partial charge in [0.25, 0.3) is 0 Å². The van der Waals surface area contributed by atoms with E-state index in [1.807, 2.05) is 37.3 Å². The zero-order chi connectivity index (χ0) is 18.6. The van der Waals surface area contributed by atoms with Crippen molar-refractivity contribution in [2.75, 3.05) is 11.9 Å². The topological polar surface area (TPSA) is 24.9 Å². The van der Waals surface area contributed by atoms with Crippen LogP contribution in [0, 0.1) is 6.92 Å². The lowest BCUT2D eigenvalue weighted by Gasteiger charge is -2.10. The molecule has 0 saturated heterocycles. The highest BCUT2D eigenvalue weighted by molar-refractivity contribution is 5.66. The van der Waals surface area contributed by atoms with Crippen molar-refractivity contribution in [1.82, 2.24) is 4.98 Å². The van der Waals surface area contributed by atoms with E-state index in [-0.39, 0.29) is 0 Å². The normalized spacial score (nSPS) is 11.4. The molecule has 1 N–H and O–H groups in total. The molecule has 2 nitrogen and oxygen atoms in total. The molecule has 134 valence electrons. The highest BCUT2D eigenvalue weighted by Crippen LogP contribution is 2.31.